The summed E-state index contributed by atoms with van der Waals surface area (Å²) in [4.78, 5) is 4.20. The molecule has 0 atom stereocenters. The average molecular weight is 275 g/mol. The Labute approximate surface area is 117 Å². The molecule has 0 aliphatic heterocycles. The quantitative estimate of drug-likeness (QED) is 0.795. The van der Waals surface area contributed by atoms with Crippen LogP contribution in [0.15, 0.2) is 36.5 Å². The summed E-state index contributed by atoms with van der Waals surface area (Å²) in [5, 5.41) is 3.14. The van der Waals surface area contributed by atoms with E-state index in [0.29, 0.717) is 24.5 Å². The number of hydrogen-bond donors (Lipinski definition) is 2. The fraction of sp³-hybridized carbons (Fsp3) is 0.267. The third-order valence-electron chi connectivity index (χ3n) is 2.75. The number of nitrogens with one attached hydrogen (secondary N) is 1. The molecule has 2 aromatic rings. The number of hydrogen-bond acceptors (Lipinski definition) is 4. The first kappa shape index (κ1) is 14.1. The third kappa shape index (κ3) is 3.60. The van der Waals surface area contributed by atoms with Gasteiger partial charge in [-0.25, -0.2) is 4.39 Å². The van der Waals surface area contributed by atoms with Crippen LogP contribution in [0.2, 0.25) is 0 Å². The van der Waals surface area contributed by atoms with Gasteiger partial charge in [-0.05, 0) is 18.6 Å². The number of nitrogens with zero attached hydrogens (tertiary/aromatic N) is 1. The number of halogens is 1. The van der Waals surface area contributed by atoms with Gasteiger partial charge in [0.1, 0.15) is 0 Å². The van der Waals surface area contributed by atoms with Crippen LogP contribution in [0.1, 0.15) is 19.0 Å². The summed E-state index contributed by atoms with van der Waals surface area (Å²) < 4.78 is 19.0. The Hall–Kier alpha value is -2.30. The van der Waals surface area contributed by atoms with E-state index in [-0.39, 0.29) is 5.75 Å². The van der Waals surface area contributed by atoms with E-state index < -0.39 is 5.82 Å². The number of ether oxygens (including phenoxy) is 1. The molecule has 0 radical (unpaired) electrons. The molecule has 1 aromatic heterocycles. The van der Waals surface area contributed by atoms with Crippen molar-refractivity contribution in [3.63, 3.8) is 0 Å². The van der Waals surface area contributed by atoms with Crippen molar-refractivity contribution in [1.82, 2.24) is 4.98 Å². The smallest absolute Gasteiger partial charge is 0.167 e. The first-order valence-electron chi connectivity index (χ1n) is 6.56. The van der Waals surface area contributed by atoms with E-state index in [4.69, 9.17) is 10.5 Å². The van der Waals surface area contributed by atoms with Gasteiger partial charge in [0.25, 0.3) is 0 Å². The summed E-state index contributed by atoms with van der Waals surface area (Å²) in [6, 6.07) is 8.52. The minimum Gasteiger partial charge on any atom is -0.490 e. The first-order valence-corrected chi connectivity index (χ1v) is 6.56. The summed E-state index contributed by atoms with van der Waals surface area (Å²) in [6.45, 7) is 2.96. The van der Waals surface area contributed by atoms with Crippen LogP contribution in [-0.4, -0.2) is 11.6 Å². The van der Waals surface area contributed by atoms with Crippen molar-refractivity contribution in [1.29, 1.82) is 0 Å². The minimum absolute atomic E-state index is 0.213. The molecule has 0 spiro atoms. The van der Waals surface area contributed by atoms with Crippen molar-refractivity contribution in [3.05, 3.63) is 48.0 Å². The molecule has 1 heterocycles. The van der Waals surface area contributed by atoms with Crippen molar-refractivity contribution in [3.8, 4) is 5.75 Å². The molecule has 0 unspecified atom stereocenters. The van der Waals surface area contributed by atoms with Crippen LogP contribution in [0.4, 0.5) is 15.8 Å². The molecule has 0 bridgehead atoms. The van der Waals surface area contributed by atoms with E-state index in [1.165, 1.54) is 6.07 Å². The number of aromatic nitrogens is 1. The fourth-order valence-corrected chi connectivity index (χ4v) is 1.73. The molecule has 0 saturated carbocycles. The van der Waals surface area contributed by atoms with E-state index in [2.05, 4.69) is 10.3 Å². The summed E-state index contributed by atoms with van der Waals surface area (Å²) in [5.41, 5.74) is 7.68. The van der Waals surface area contributed by atoms with Gasteiger partial charge in [-0.15, -0.1) is 0 Å². The summed E-state index contributed by atoms with van der Waals surface area (Å²) in [5.74, 6) is -0.232. The number of benzene rings is 1. The number of pyridine rings is 1. The lowest BCUT2D eigenvalue weighted by molar-refractivity contribution is 0.301. The monoisotopic (exact) mass is 275 g/mol. The summed E-state index contributed by atoms with van der Waals surface area (Å²) in [6.07, 6.45) is 2.54. The maximum Gasteiger partial charge on any atom is 0.167 e. The normalized spacial score (nSPS) is 10.3. The van der Waals surface area contributed by atoms with Gasteiger partial charge in [-0.2, -0.15) is 0 Å². The van der Waals surface area contributed by atoms with Crippen LogP contribution >= 0.6 is 0 Å². The van der Waals surface area contributed by atoms with E-state index in [1.807, 2.05) is 25.1 Å². The molecule has 0 fully saturated rings. The van der Waals surface area contributed by atoms with E-state index >= 15 is 0 Å². The molecule has 1 aromatic carbocycles. The van der Waals surface area contributed by atoms with Crippen LogP contribution in [0.3, 0.4) is 0 Å². The number of rotatable bonds is 6. The highest BCUT2D eigenvalue weighted by atomic mass is 19.1. The molecule has 3 N–H and O–H groups in total. The number of nitrogens with two attached hydrogens (primary N) is 1. The van der Waals surface area contributed by atoms with Crippen LogP contribution in [-0.2, 0) is 6.54 Å². The van der Waals surface area contributed by atoms with Gasteiger partial charge in [0.15, 0.2) is 11.6 Å². The zero-order valence-electron chi connectivity index (χ0n) is 11.4. The second-order valence-corrected chi connectivity index (χ2v) is 4.39. The van der Waals surface area contributed by atoms with Crippen molar-refractivity contribution in [2.24, 2.45) is 0 Å². The number of anilines is 2. The second-order valence-electron chi connectivity index (χ2n) is 4.39. The van der Waals surface area contributed by atoms with Crippen LogP contribution in [0.5, 0.6) is 5.75 Å². The van der Waals surface area contributed by atoms with Crippen LogP contribution in [0, 0.1) is 5.82 Å². The molecule has 2 rings (SSSR count). The fourth-order valence-electron chi connectivity index (χ4n) is 1.73. The molecule has 0 aliphatic rings. The van der Waals surface area contributed by atoms with Crippen molar-refractivity contribution >= 4 is 11.4 Å². The average Bonchev–Trinajstić information content (AvgIpc) is 2.46. The summed E-state index contributed by atoms with van der Waals surface area (Å²) >= 11 is 0. The Balaban J connectivity index is 2.10. The minimum atomic E-state index is -0.445. The molecule has 0 amide bonds. The molecule has 106 valence electrons. The van der Waals surface area contributed by atoms with E-state index in [1.54, 1.807) is 12.3 Å². The van der Waals surface area contributed by atoms with Gasteiger partial charge < -0.3 is 15.8 Å². The van der Waals surface area contributed by atoms with Crippen LogP contribution in [0.25, 0.3) is 0 Å². The highest BCUT2D eigenvalue weighted by Gasteiger charge is 2.09. The van der Waals surface area contributed by atoms with Gasteiger partial charge in [-0.3, -0.25) is 4.98 Å². The van der Waals surface area contributed by atoms with Crippen molar-refractivity contribution in [2.45, 2.75) is 19.9 Å². The predicted molar refractivity (Wildman–Crippen MR) is 78.2 cm³/mol. The van der Waals surface area contributed by atoms with E-state index in [9.17, 15) is 4.39 Å². The van der Waals surface area contributed by atoms with E-state index in [0.717, 1.165) is 12.1 Å². The maximum absolute atomic E-state index is 13.7. The molecule has 20 heavy (non-hydrogen) atoms. The van der Waals surface area contributed by atoms with Crippen molar-refractivity contribution in [2.75, 3.05) is 17.7 Å². The zero-order valence-corrected chi connectivity index (χ0v) is 11.4. The Kier molecular flexibility index (Phi) is 4.76. The van der Waals surface area contributed by atoms with Gasteiger partial charge in [0.05, 0.1) is 30.2 Å². The Morgan fingerprint density at radius 3 is 2.90 bits per heavy atom. The van der Waals surface area contributed by atoms with Gasteiger partial charge in [-0.1, -0.05) is 13.0 Å². The van der Waals surface area contributed by atoms with Gasteiger partial charge >= 0.3 is 0 Å². The molecule has 0 saturated heterocycles. The highest BCUT2D eigenvalue weighted by Crippen LogP contribution is 2.28. The lowest BCUT2D eigenvalue weighted by atomic mass is 10.2. The second kappa shape index (κ2) is 6.75. The molecular formula is C15H18FN3O. The Morgan fingerprint density at radius 1 is 1.35 bits per heavy atom. The van der Waals surface area contributed by atoms with Crippen LogP contribution < -0.4 is 15.8 Å². The topological polar surface area (TPSA) is 60.2 Å². The van der Waals surface area contributed by atoms with Gasteiger partial charge in [0.2, 0.25) is 0 Å². The SMILES string of the molecule is CCCOc1cc(NCc2ccccn2)c(N)cc1F. The van der Waals surface area contributed by atoms with Gasteiger partial charge in [0, 0.05) is 18.3 Å². The maximum atomic E-state index is 13.7. The third-order valence-corrected chi connectivity index (χ3v) is 2.75. The Morgan fingerprint density at radius 2 is 2.20 bits per heavy atom. The predicted octanol–water partition coefficient (Wildman–Crippen LogP) is 3.20. The number of nitrogen functional groups attached to an aromatic ring is 1. The molecular weight excluding hydrogens is 257 g/mol. The Bertz CT molecular complexity index is 561. The summed E-state index contributed by atoms with van der Waals surface area (Å²) in [7, 11) is 0. The lowest BCUT2D eigenvalue weighted by Crippen LogP contribution is -2.06. The molecule has 0 aliphatic carbocycles. The highest BCUT2D eigenvalue weighted by molar-refractivity contribution is 5.68. The molecule has 5 heteroatoms. The standard InChI is InChI=1S/C15H18FN3O/c1-2-7-20-15-9-14(13(17)8-12(15)16)19-10-11-5-3-4-6-18-11/h3-6,8-9,19H,2,7,10,17H2,1H3. The lowest BCUT2D eigenvalue weighted by Gasteiger charge is -2.12. The van der Waals surface area contributed by atoms with Crippen molar-refractivity contribution < 1.29 is 9.13 Å². The first-order chi connectivity index (χ1) is 9.70. The molecule has 4 nitrogen and oxygen atoms in total. The zero-order chi connectivity index (χ0) is 14.4. The largest absolute Gasteiger partial charge is 0.490 e.